The zero-order valence-electron chi connectivity index (χ0n) is 20.6. The average Bonchev–Trinajstić information content (AvgIpc) is 3.59. The number of Topliss-reactive ketones (excluding diaryl/α,β-unsaturated/α-hetero) is 1. The van der Waals surface area contributed by atoms with Gasteiger partial charge in [-0.3, -0.25) is 19.0 Å². The molecular formula is C27H19ClN8O3S. The van der Waals surface area contributed by atoms with Gasteiger partial charge in [-0.15, -0.1) is 11.3 Å². The van der Waals surface area contributed by atoms with E-state index in [1.165, 1.54) is 42.1 Å². The molecule has 13 heteroatoms. The second-order valence-electron chi connectivity index (χ2n) is 8.43. The fourth-order valence-electron chi connectivity index (χ4n) is 3.97. The third kappa shape index (κ3) is 5.37. The van der Waals surface area contributed by atoms with Gasteiger partial charge in [0.25, 0.3) is 11.5 Å². The number of rotatable bonds is 8. The van der Waals surface area contributed by atoms with E-state index in [9.17, 15) is 19.6 Å². The van der Waals surface area contributed by atoms with Gasteiger partial charge in [-0.2, -0.15) is 15.0 Å². The van der Waals surface area contributed by atoms with E-state index < -0.39 is 23.8 Å². The van der Waals surface area contributed by atoms with E-state index in [4.69, 9.17) is 17.3 Å². The third-order valence-electron chi connectivity index (χ3n) is 5.90. The fraction of sp³-hybridized carbons (Fsp3) is 0.0741. The van der Waals surface area contributed by atoms with E-state index in [1.807, 2.05) is 12.1 Å². The van der Waals surface area contributed by atoms with Crippen molar-refractivity contribution in [2.45, 2.75) is 13.1 Å². The van der Waals surface area contributed by atoms with Crippen LogP contribution in [0.5, 0.6) is 0 Å². The number of para-hydroxylation sites is 1. The monoisotopic (exact) mass is 570 g/mol. The van der Waals surface area contributed by atoms with Crippen LogP contribution in [0, 0.1) is 11.3 Å². The Balaban J connectivity index is 1.57. The summed E-state index contributed by atoms with van der Waals surface area (Å²) < 4.78 is 2.83. The molecule has 0 aliphatic rings. The number of thiophene rings is 1. The second-order valence-corrected chi connectivity index (χ2v) is 10.2. The molecule has 0 amide bonds. The molecule has 0 aliphatic heterocycles. The Morgan fingerprint density at radius 1 is 1.12 bits per heavy atom. The molecule has 0 saturated carbocycles. The van der Waals surface area contributed by atoms with Gasteiger partial charge in [-0.05, 0) is 36.4 Å². The number of benzene rings is 1. The van der Waals surface area contributed by atoms with Crippen LogP contribution < -0.4 is 16.6 Å². The molecule has 11 nitrogen and oxygen atoms in total. The summed E-state index contributed by atoms with van der Waals surface area (Å²) in [4.78, 5) is 47.6. The maximum atomic E-state index is 13.5. The predicted molar refractivity (Wildman–Crippen MR) is 150 cm³/mol. The smallest absolute Gasteiger partial charge is 0.282 e. The third-order valence-corrected chi connectivity index (χ3v) is 7.13. The summed E-state index contributed by atoms with van der Waals surface area (Å²) in [5.74, 6) is -0.649. The Bertz CT molecular complexity index is 1840. The first-order valence-corrected chi connectivity index (χ1v) is 13.0. The highest BCUT2D eigenvalue weighted by atomic mass is 35.5. The van der Waals surface area contributed by atoms with Crippen LogP contribution >= 0.6 is 22.9 Å². The first-order valence-electron chi connectivity index (χ1n) is 11.8. The molecule has 198 valence electrons. The normalized spacial score (nSPS) is 10.7. The number of nitrogen functional groups attached to an aromatic ring is 1. The minimum atomic E-state index is -0.553. The number of nitriles is 1. The van der Waals surface area contributed by atoms with Gasteiger partial charge in [0.2, 0.25) is 5.78 Å². The molecule has 40 heavy (non-hydrogen) atoms. The maximum absolute atomic E-state index is 13.5. The lowest BCUT2D eigenvalue weighted by Crippen LogP contribution is -2.26. The van der Waals surface area contributed by atoms with Gasteiger partial charge < -0.3 is 11.1 Å². The highest BCUT2D eigenvalue weighted by molar-refractivity contribution is 7.16. The molecule has 0 fully saturated rings. The lowest BCUT2D eigenvalue weighted by Gasteiger charge is -2.10. The molecule has 0 atom stereocenters. The minimum absolute atomic E-state index is 0.0946. The highest BCUT2D eigenvalue weighted by Crippen LogP contribution is 2.28. The molecule has 0 aliphatic carbocycles. The minimum Gasteiger partial charge on any atom is -0.398 e. The maximum Gasteiger partial charge on any atom is 0.282 e. The zero-order valence-corrected chi connectivity index (χ0v) is 22.2. The summed E-state index contributed by atoms with van der Waals surface area (Å²) in [5.41, 5.74) is 6.51. The van der Waals surface area contributed by atoms with Crippen molar-refractivity contribution in [2.75, 3.05) is 11.1 Å². The number of halogens is 1. The van der Waals surface area contributed by atoms with Gasteiger partial charge in [0.15, 0.2) is 0 Å². The summed E-state index contributed by atoms with van der Waals surface area (Å²) >= 11 is 7.44. The fourth-order valence-corrected chi connectivity index (χ4v) is 4.99. The predicted octanol–water partition coefficient (Wildman–Crippen LogP) is 3.85. The molecule has 4 heterocycles. The molecule has 0 saturated heterocycles. The molecule has 0 radical (unpaired) electrons. The Hall–Kier alpha value is -5.12. The summed E-state index contributed by atoms with van der Waals surface area (Å²) in [6, 6.07) is 17.9. The number of hydrogen-bond acceptors (Lipinski definition) is 10. The Kier molecular flexibility index (Phi) is 7.50. The molecule has 4 aromatic heterocycles. The number of carbonyl (C=O) groups is 2. The van der Waals surface area contributed by atoms with E-state index in [2.05, 4.69) is 20.4 Å². The van der Waals surface area contributed by atoms with E-state index >= 15 is 0 Å². The van der Waals surface area contributed by atoms with Crippen LogP contribution in [0.15, 0.2) is 78.0 Å². The summed E-state index contributed by atoms with van der Waals surface area (Å²) in [6.07, 6.45) is 2.63. The van der Waals surface area contributed by atoms with Crippen molar-refractivity contribution < 1.29 is 9.59 Å². The molecular weight excluding hydrogens is 552 g/mol. The quantitative estimate of drug-likeness (QED) is 0.208. The van der Waals surface area contributed by atoms with Gasteiger partial charge in [0, 0.05) is 34.5 Å². The SMILES string of the molecule is N#Cc1c(-c2cc(NCc3ccc(Cl)s3)n(C(=O)c3ccccc3N)n2)ccc(=O)n1CC(=O)c1ccncn1. The van der Waals surface area contributed by atoms with Crippen LogP contribution in [-0.2, 0) is 13.1 Å². The molecule has 0 unspecified atom stereocenters. The summed E-state index contributed by atoms with van der Waals surface area (Å²) in [7, 11) is 0. The Labute approximate surface area is 236 Å². The van der Waals surface area contributed by atoms with Crippen molar-refractivity contribution in [3.63, 3.8) is 0 Å². The van der Waals surface area contributed by atoms with Crippen LogP contribution in [0.3, 0.4) is 0 Å². The Morgan fingerprint density at radius 2 is 1.95 bits per heavy atom. The first-order chi connectivity index (χ1) is 19.4. The number of carbonyl (C=O) groups excluding carboxylic acids is 2. The molecule has 5 aromatic rings. The van der Waals surface area contributed by atoms with Crippen LogP contribution in [-0.4, -0.2) is 36.0 Å². The second kappa shape index (κ2) is 11.3. The number of nitrogens with one attached hydrogen (secondary N) is 1. The zero-order chi connectivity index (χ0) is 28.2. The van der Waals surface area contributed by atoms with Crippen molar-refractivity contribution in [3.8, 4) is 17.3 Å². The van der Waals surface area contributed by atoms with Crippen molar-refractivity contribution >= 4 is 46.1 Å². The van der Waals surface area contributed by atoms with Crippen LogP contribution in [0.25, 0.3) is 11.3 Å². The average molecular weight is 571 g/mol. The van der Waals surface area contributed by atoms with Gasteiger partial charge in [0.05, 0.1) is 28.7 Å². The van der Waals surface area contributed by atoms with Crippen LogP contribution in [0.2, 0.25) is 4.34 Å². The highest BCUT2D eigenvalue weighted by Gasteiger charge is 2.22. The van der Waals surface area contributed by atoms with E-state index in [-0.39, 0.29) is 33.9 Å². The number of aromatic nitrogens is 5. The van der Waals surface area contributed by atoms with Gasteiger partial charge in [-0.25, -0.2) is 9.97 Å². The van der Waals surface area contributed by atoms with E-state index in [0.717, 1.165) is 14.1 Å². The topological polar surface area (TPSA) is 162 Å². The van der Waals surface area contributed by atoms with Crippen molar-refractivity contribution in [2.24, 2.45) is 0 Å². The van der Waals surface area contributed by atoms with Crippen molar-refractivity contribution in [3.05, 3.63) is 110 Å². The largest absolute Gasteiger partial charge is 0.398 e. The number of nitrogens with zero attached hydrogens (tertiary/aromatic N) is 6. The van der Waals surface area contributed by atoms with Crippen LogP contribution in [0.4, 0.5) is 11.5 Å². The number of ketones is 1. The molecule has 1 aromatic carbocycles. The standard InChI is InChI=1S/C27H19ClN8O3S/c28-24-7-5-16(40-24)13-32-25-11-21(34-36(25)27(39)17-3-1-2-4-19(17)30)18-6-8-26(38)35(22(18)12-29)14-23(37)20-9-10-31-15-33-20/h1-11,15,32H,13-14,30H2. The summed E-state index contributed by atoms with van der Waals surface area (Å²) in [6.45, 7) is -0.0743. The van der Waals surface area contributed by atoms with Crippen molar-refractivity contribution in [1.82, 2.24) is 24.3 Å². The van der Waals surface area contributed by atoms with Crippen molar-refractivity contribution in [1.29, 1.82) is 5.26 Å². The molecule has 0 spiro atoms. The number of pyridine rings is 1. The number of hydrogen-bond donors (Lipinski definition) is 2. The number of nitrogens with two attached hydrogens (primary N) is 1. The number of anilines is 2. The van der Waals surface area contributed by atoms with Gasteiger partial charge >= 0.3 is 0 Å². The van der Waals surface area contributed by atoms with E-state index in [1.54, 1.807) is 36.4 Å². The van der Waals surface area contributed by atoms with Gasteiger partial charge in [0.1, 0.15) is 29.6 Å². The summed E-state index contributed by atoms with van der Waals surface area (Å²) in [5, 5.41) is 17.7. The lowest BCUT2D eigenvalue weighted by molar-refractivity contribution is 0.0946. The molecule has 3 N–H and O–H groups in total. The van der Waals surface area contributed by atoms with Gasteiger partial charge in [-0.1, -0.05) is 23.7 Å². The lowest BCUT2D eigenvalue weighted by atomic mass is 10.1. The Morgan fingerprint density at radius 3 is 2.65 bits per heavy atom. The molecule has 0 bridgehead atoms. The molecule has 5 rings (SSSR count). The van der Waals surface area contributed by atoms with E-state index in [0.29, 0.717) is 16.7 Å². The van der Waals surface area contributed by atoms with Crippen LogP contribution in [0.1, 0.15) is 31.4 Å². The first kappa shape index (κ1) is 26.5.